The van der Waals surface area contributed by atoms with Gasteiger partial charge in [0, 0.05) is 10.0 Å². The first-order chi connectivity index (χ1) is 11.4. The number of hydrogen-bond acceptors (Lipinski definition) is 4. The molecule has 128 valence electrons. The van der Waals surface area contributed by atoms with E-state index in [-0.39, 0.29) is 18.4 Å². The Kier molecular flexibility index (Phi) is 6.66. The summed E-state index contributed by atoms with van der Waals surface area (Å²) in [4.78, 5) is 24.0. The molecular weight excluding hydrogens is 369 g/mol. The molecule has 1 aromatic heterocycles. The Morgan fingerprint density at radius 2 is 2.00 bits per heavy atom. The highest BCUT2D eigenvalue weighted by molar-refractivity contribution is 7.08. The summed E-state index contributed by atoms with van der Waals surface area (Å²) >= 11 is 13.5. The second-order valence-corrected chi connectivity index (χ2v) is 6.96. The smallest absolute Gasteiger partial charge is 0.311 e. The van der Waals surface area contributed by atoms with Crippen molar-refractivity contribution in [2.45, 2.75) is 32.4 Å². The zero-order valence-corrected chi connectivity index (χ0v) is 15.5. The minimum absolute atomic E-state index is 0.152. The highest BCUT2D eigenvalue weighted by atomic mass is 35.5. The summed E-state index contributed by atoms with van der Waals surface area (Å²) in [5.74, 6) is -0.819. The summed E-state index contributed by atoms with van der Waals surface area (Å²) in [6.07, 6.45) is -0.732. The Labute approximate surface area is 154 Å². The zero-order valence-electron chi connectivity index (χ0n) is 13.2. The van der Waals surface area contributed by atoms with Crippen molar-refractivity contribution >= 4 is 46.4 Å². The average molecular weight is 386 g/mol. The SMILES string of the molecule is C[C@H](OC(=O)Cc1ccsc1)C(=O)N[C@H](C)c1ccc(Cl)cc1Cl. The fourth-order valence-electron chi connectivity index (χ4n) is 2.11. The van der Waals surface area contributed by atoms with E-state index in [0.717, 1.165) is 11.1 Å². The molecule has 7 heteroatoms. The molecule has 0 unspecified atom stereocenters. The van der Waals surface area contributed by atoms with Crippen molar-refractivity contribution in [1.29, 1.82) is 0 Å². The summed E-state index contributed by atoms with van der Waals surface area (Å²) in [7, 11) is 0. The fourth-order valence-corrected chi connectivity index (χ4v) is 3.35. The number of ether oxygens (including phenoxy) is 1. The van der Waals surface area contributed by atoms with Crippen molar-refractivity contribution in [2.24, 2.45) is 0 Å². The topological polar surface area (TPSA) is 55.4 Å². The van der Waals surface area contributed by atoms with Gasteiger partial charge in [-0.3, -0.25) is 9.59 Å². The third-order valence-corrected chi connectivity index (χ3v) is 4.69. The number of rotatable bonds is 6. The van der Waals surface area contributed by atoms with Gasteiger partial charge in [-0.05, 0) is 53.9 Å². The van der Waals surface area contributed by atoms with Crippen LogP contribution < -0.4 is 5.32 Å². The van der Waals surface area contributed by atoms with Gasteiger partial charge in [-0.15, -0.1) is 0 Å². The van der Waals surface area contributed by atoms with Gasteiger partial charge in [0.25, 0.3) is 5.91 Å². The van der Waals surface area contributed by atoms with Gasteiger partial charge in [-0.25, -0.2) is 0 Å². The van der Waals surface area contributed by atoms with Crippen LogP contribution in [0.3, 0.4) is 0 Å². The van der Waals surface area contributed by atoms with E-state index < -0.39 is 12.1 Å². The van der Waals surface area contributed by atoms with E-state index in [1.165, 1.54) is 18.3 Å². The molecule has 1 aromatic carbocycles. The number of nitrogens with one attached hydrogen (secondary N) is 1. The molecule has 0 aliphatic heterocycles. The van der Waals surface area contributed by atoms with E-state index >= 15 is 0 Å². The van der Waals surface area contributed by atoms with Crippen LogP contribution in [0.15, 0.2) is 35.0 Å². The largest absolute Gasteiger partial charge is 0.452 e. The lowest BCUT2D eigenvalue weighted by molar-refractivity contribution is -0.154. The molecule has 0 saturated carbocycles. The lowest BCUT2D eigenvalue weighted by Gasteiger charge is -2.19. The minimum atomic E-state index is -0.885. The molecule has 2 aromatic rings. The van der Waals surface area contributed by atoms with Crippen molar-refractivity contribution in [2.75, 3.05) is 0 Å². The molecule has 1 amide bonds. The lowest BCUT2D eigenvalue weighted by Crippen LogP contribution is -2.37. The van der Waals surface area contributed by atoms with Gasteiger partial charge in [-0.1, -0.05) is 29.3 Å². The van der Waals surface area contributed by atoms with Gasteiger partial charge in [-0.2, -0.15) is 11.3 Å². The molecule has 1 N–H and O–H groups in total. The lowest BCUT2D eigenvalue weighted by atomic mass is 10.1. The zero-order chi connectivity index (χ0) is 17.7. The number of esters is 1. The Morgan fingerprint density at radius 1 is 1.25 bits per heavy atom. The molecule has 2 atom stereocenters. The van der Waals surface area contributed by atoms with Crippen LogP contribution in [0.4, 0.5) is 0 Å². The molecule has 0 saturated heterocycles. The number of carbonyl (C=O) groups is 2. The number of benzene rings is 1. The maximum Gasteiger partial charge on any atom is 0.311 e. The fraction of sp³-hybridized carbons (Fsp3) is 0.294. The Balaban J connectivity index is 1.89. The Bertz CT molecular complexity index is 719. The van der Waals surface area contributed by atoms with Crippen LogP contribution in [0.5, 0.6) is 0 Å². The van der Waals surface area contributed by atoms with Crippen molar-refractivity contribution < 1.29 is 14.3 Å². The van der Waals surface area contributed by atoms with Gasteiger partial charge in [0.05, 0.1) is 12.5 Å². The van der Waals surface area contributed by atoms with Crippen molar-refractivity contribution in [3.63, 3.8) is 0 Å². The van der Waals surface area contributed by atoms with Crippen molar-refractivity contribution in [3.8, 4) is 0 Å². The van der Waals surface area contributed by atoms with Crippen LogP contribution in [0, 0.1) is 0 Å². The van der Waals surface area contributed by atoms with Gasteiger partial charge < -0.3 is 10.1 Å². The van der Waals surface area contributed by atoms with Gasteiger partial charge in [0.15, 0.2) is 6.10 Å². The predicted octanol–water partition coefficient (Wildman–Crippen LogP) is 4.41. The molecule has 1 heterocycles. The Morgan fingerprint density at radius 3 is 2.62 bits per heavy atom. The summed E-state index contributed by atoms with van der Waals surface area (Å²) < 4.78 is 5.17. The highest BCUT2D eigenvalue weighted by Crippen LogP contribution is 2.26. The highest BCUT2D eigenvalue weighted by Gasteiger charge is 2.21. The molecule has 0 radical (unpaired) electrons. The van der Waals surface area contributed by atoms with Crippen LogP contribution in [0.1, 0.15) is 31.0 Å². The number of amides is 1. The monoisotopic (exact) mass is 385 g/mol. The number of thiophene rings is 1. The number of hydrogen-bond donors (Lipinski definition) is 1. The molecule has 4 nitrogen and oxygen atoms in total. The van der Waals surface area contributed by atoms with Crippen LogP contribution in [-0.4, -0.2) is 18.0 Å². The second kappa shape index (κ2) is 8.51. The van der Waals surface area contributed by atoms with Crippen LogP contribution >= 0.6 is 34.5 Å². The first-order valence-corrected chi connectivity index (χ1v) is 9.02. The van der Waals surface area contributed by atoms with Crippen molar-refractivity contribution in [1.82, 2.24) is 5.32 Å². The van der Waals surface area contributed by atoms with E-state index in [9.17, 15) is 9.59 Å². The first-order valence-electron chi connectivity index (χ1n) is 7.32. The molecular formula is C17H17Cl2NO3S. The molecule has 0 aliphatic rings. The molecule has 24 heavy (non-hydrogen) atoms. The van der Waals surface area contributed by atoms with Crippen LogP contribution in [0.2, 0.25) is 10.0 Å². The van der Waals surface area contributed by atoms with E-state index in [0.29, 0.717) is 10.0 Å². The molecule has 0 bridgehead atoms. The minimum Gasteiger partial charge on any atom is -0.452 e. The second-order valence-electron chi connectivity index (χ2n) is 5.34. The van der Waals surface area contributed by atoms with E-state index in [2.05, 4.69) is 5.32 Å². The van der Waals surface area contributed by atoms with Gasteiger partial charge in [0.2, 0.25) is 0 Å². The predicted molar refractivity (Wildman–Crippen MR) is 96.6 cm³/mol. The van der Waals surface area contributed by atoms with E-state index in [1.807, 2.05) is 16.8 Å². The van der Waals surface area contributed by atoms with Crippen molar-refractivity contribution in [3.05, 3.63) is 56.2 Å². The van der Waals surface area contributed by atoms with E-state index in [4.69, 9.17) is 27.9 Å². The normalized spacial score (nSPS) is 13.2. The first kappa shape index (κ1) is 18.8. The molecule has 0 aliphatic carbocycles. The third kappa shape index (κ3) is 5.23. The molecule has 0 spiro atoms. The summed E-state index contributed by atoms with van der Waals surface area (Å²) in [5.41, 5.74) is 1.62. The van der Waals surface area contributed by atoms with E-state index in [1.54, 1.807) is 25.1 Å². The average Bonchev–Trinajstić information content (AvgIpc) is 2.99. The summed E-state index contributed by atoms with van der Waals surface area (Å²) in [6.45, 7) is 3.34. The number of carbonyl (C=O) groups excluding carboxylic acids is 2. The third-order valence-electron chi connectivity index (χ3n) is 3.39. The van der Waals surface area contributed by atoms with Crippen LogP contribution in [0.25, 0.3) is 0 Å². The van der Waals surface area contributed by atoms with Gasteiger partial charge in [0.1, 0.15) is 0 Å². The van der Waals surface area contributed by atoms with Gasteiger partial charge >= 0.3 is 5.97 Å². The maximum absolute atomic E-state index is 12.2. The summed E-state index contributed by atoms with van der Waals surface area (Å²) in [6, 6.07) is 6.59. The quantitative estimate of drug-likeness (QED) is 0.749. The molecule has 0 fully saturated rings. The Hall–Kier alpha value is -1.56. The van der Waals surface area contributed by atoms with Crippen LogP contribution in [-0.2, 0) is 20.7 Å². The number of halogens is 2. The maximum atomic E-state index is 12.2. The molecule has 2 rings (SSSR count). The summed E-state index contributed by atoms with van der Waals surface area (Å²) in [5, 5.41) is 7.53. The standard InChI is InChI=1S/C17H17Cl2NO3S/c1-10(14-4-3-13(18)8-15(14)19)20-17(22)11(2)23-16(21)7-12-5-6-24-9-12/h3-6,8-11H,7H2,1-2H3,(H,20,22)/t10-,11+/m1/s1.